The van der Waals surface area contributed by atoms with Crippen LogP contribution in [-0.2, 0) is 6.54 Å². The molecule has 0 aliphatic carbocycles. The first-order chi connectivity index (χ1) is 11.6. The van der Waals surface area contributed by atoms with E-state index in [4.69, 9.17) is 15.2 Å². The lowest BCUT2D eigenvalue weighted by Crippen LogP contribution is -2.35. The van der Waals surface area contributed by atoms with E-state index in [1.807, 2.05) is 0 Å². The van der Waals surface area contributed by atoms with Gasteiger partial charge in [-0.25, -0.2) is 0 Å². The Morgan fingerprint density at radius 3 is 2.79 bits per heavy atom. The normalized spacial score (nSPS) is 16.5. The summed E-state index contributed by atoms with van der Waals surface area (Å²) in [5.74, 6) is 0.421. The molecule has 3 N–H and O–H groups in total. The number of ketones is 1. The molecular weight excluding hydrogens is 308 g/mol. The molecule has 0 bridgehead atoms. The van der Waals surface area contributed by atoms with Crippen LogP contribution < -0.4 is 20.5 Å². The van der Waals surface area contributed by atoms with Gasteiger partial charge in [0.2, 0.25) is 11.7 Å². The Morgan fingerprint density at radius 2 is 2.04 bits per heavy atom. The molecule has 24 heavy (non-hydrogen) atoms. The lowest BCUT2D eigenvalue weighted by Gasteiger charge is -2.17. The molecule has 0 radical (unpaired) electrons. The van der Waals surface area contributed by atoms with Crippen molar-refractivity contribution in [1.82, 2.24) is 5.32 Å². The van der Waals surface area contributed by atoms with E-state index in [9.17, 15) is 9.59 Å². The fraction of sp³-hybridized carbons (Fsp3) is 0.222. The Balaban J connectivity index is 1.88. The molecule has 1 atom stereocenters. The van der Waals surface area contributed by atoms with Crippen LogP contribution in [0.2, 0.25) is 0 Å². The molecule has 0 spiro atoms. The summed E-state index contributed by atoms with van der Waals surface area (Å²) in [6.45, 7) is 0.924. The summed E-state index contributed by atoms with van der Waals surface area (Å²) in [5.41, 5.74) is 7.05. The third kappa shape index (κ3) is 3.23. The van der Waals surface area contributed by atoms with Crippen molar-refractivity contribution in [2.45, 2.75) is 12.6 Å². The van der Waals surface area contributed by atoms with Crippen LogP contribution in [0, 0.1) is 0 Å². The van der Waals surface area contributed by atoms with Crippen molar-refractivity contribution in [3.63, 3.8) is 0 Å². The molecule has 2 aromatic carbocycles. The summed E-state index contributed by atoms with van der Waals surface area (Å²) in [6, 6.07) is 11.9. The van der Waals surface area contributed by atoms with Gasteiger partial charge in [-0.3, -0.25) is 9.59 Å². The molecule has 0 saturated heterocycles. The van der Waals surface area contributed by atoms with Crippen LogP contribution in [0.1, 0.15) is 26.3 Å². The molecule has 124 valence electrons. The first-order valence-corrected chi connectivity index (χ1v) is 7.57. The molecule has 6 nitrogen and oxygen atoms in total. The standard InChI is InChI=1S/C18H18N2O4/c1-23-14-4-2-3-11(7-14)17(21)16-10-20-9-13-6-5-12(18(19)22)8-15(13)24-16/h2-8,16,20H,9-10H2,1H3,(H2,19,22). The van der Waals surface area contributed by atoms with Crippen LogP contribution in [-0.4, -0.2) is 31.4 Å². The van der Waals surface area contributed by atoms with Crippen molar-refractivity contribution in [2.24, 2.45) is 5.73 Å². The average molecular weight is 326 g/mol. The van der Waals surface area contributed by atoms with E-state index in [-0.39, 0.29) is 5.78 Å². The Bertz CT molecular complexity index is 788. The first-order valence-electron chi connectivity index (χ1n) is 7.57. The number of fused-ring (bicyclic) bond motifs is 1. The summed E-state index contributed by atoms with van der Waals surface area (Å²) in [4.78, 5) is 24.1. The van der Waals surface area contributed by atoms with Gasteiger partial charge in [0.1, 0.15) is 11.5 Å². The van der Waals surface area contributed by atoms with Gasteiger partial charge in [0, 0.05) is 29.8 Å². The summed E-state index contributed by atoms with van der Waals surface area (Å²) < 4.78 is 11.0. The number of carbonyl (C=O) groups excluding carboxylic acids is 2. The fourth-order valence-electron chi connectivity index (χ4n) is 2.60. The second-order valence-corrected chi connectivity index (χ2v) is 5.52. The molecule has 3 rings (SSSR count). The number of nitrogens with one attached hydrogen (secondary N) is 1. The van der Waals surface area contributed by atoms with Gasteiger partial charge in [-0.2, -0.15) is 0 Å². The Hall–Kier alpha value is -2.86. The Kier molecular flexibility index (Phi) is 4.48. The summed E-state index contributed by atoms with van der Waals surface area (Å²) in [5, 5.41) is 3.19. The number of nitrogens with two attached hydrogens (primary N) is 1. The second-order valence-electron chi connectivity index (χ2n) is 5.52. The smallest absolute Gasteiger partial charge is 0.248 e. The molecule has 1 aliphatic rings. The van der Waals surface area contributed by atoms with Crippen LogP contribution in [0.4, 0.5) is 0 Å². The SMILES string of the molecule is COc1cccc(C(=O)C2CNCc3ccc(C(N)=O)cc3O2)c1. The van der Waals surface area contributed by atoms with Crippen LogP contribution >= 0.6 is 0 Å². The van der Waals surface area contributed by atoms with Gasteiger partial charge in [0.25, 0.3) is 0 Å². The van der Waals surface area contributed by atoms with Crippen molar-refractivity contribution in [2.75, 3.05) is 13.7 Å². The summed E-state index contributed by atoms with van der Waals surface area (Å²) >= 11 is 0. The van der Waals surface area contributed by atoms with Crippen molar-refractivity contribution in [1.29, 1.82) is 0 Å². The maximum atomic E-state index is 12.7. The number of amides is 1. The van der Waals surface area contributed by atoms with E-state index in [1.165, 1.54) is 0 Å². The van der Waals surface area contributed by atoms with Gasteiger partial charge in [-0.15, -0.1) is 0 Å². The highest BCUT2D eigenvalue weighted by atomic mass is 16.5. The van der Waals surface area contributed by atoms with Crippen molar-refractivity contribution >= 4 is 11.7 Å². The van der Waals surface area contributed by atoms with E-state index < -0.39 is 12.0 Å². The Labute approximate surface area is 139 Å². The van der Waals surface area contributed by atoms with Crippen LogP contribution in [0.5, 0.6) is 11.5 Å². The summed E-state index contributed by atoms with van der Waals surface area (Å²) in [6.07, 6.45) is -0.693. The molecule has 6 heteroatoms. The minimum atomic E-state index is -0.693. The molecule has 2 aromatic rings. The monoisotopic (exact) mass is 326 g/mol. The zero-order chi connectivity index (χ0) is 17.1. The summed E-state index contributed by atoms with van der Waals surface area (Å²) in [7, 11) is 1.55. The van der Waals surface area contributed by atoms with Gasteiger partial charge in [-0.05, 0) is 24.3 Å². The number of Topliss-reactive ketones (excluding diaryl/α,β-unsaturated/α-hetero) is 1. The number of primary amides is 1. The van der Waals surface area contributed by atoms with Crippen molar-refractivity contribution in [3.05, 3.63) is 59.2 Å². The van der Waals surface area contributed by atoms with Crippen LogP contribution in [0.3, 0.4) is 0 Å². The predicted octanol–water partition coefficient (Wildman–Crippen LogP) is 1.53. The van der Waals surface area contributed by atoms with Gasteiger partial charge < -0.3 is 20.5 Å². The lowest BCUT2D eigenvalue weighted by atomic mass is 10.1. The second kappa shape index (κ2) is 6.72. The van der Waals surface area contributed by atoms with Crippen LogP contribution in [0.25, 0.3) is 0 Å². The van der Waals surface area contributed by atoms with E-state index in [0.29, 0.717) is 35.7 Å². The maximum absolute atomic E-state index is 12.7. The molecule has 1 amide bonds. The highest BCUT2D eigenvalue weighted by molar-refractivity contribution is 6.00. The number of hydrogen-bond donors (Lipinski definition) is 2. The maximum Gasteiger partial charge on any atom is 0.248 e. The largest absolute Gasteiger partial charge is 0.497 e. The molecule has 1 aliphatic heterocycles. The third-order valence-electron chi connectivity index (χ3n) is 3.91. The molecular formula is C18H18N2O4. The fourth-order valence-corrected chi connectivity index (χ4v) is 2.60. The van der Waals surface area contributed by atoms with Crippen LogP contribution in [0.15, 0.2) is 42.5 Å². The van der Waals surface area contributed by atoms with Gasteiger partial charge >= 0.3 is 0 Å². The van der Waals surface area contributed by atoms with Gasteiger partial charge in [-0.1, -0.05) is 18.2 Å². The average Bonchev–Trinajstić information content (AvgIpc) is 2.82. The topological polar surface area (TPSA) is 90.6 Å². The lowest BCUT2D eigenvalue weighted by molar-refractivity contribution is 0.0799. The number of rotatable bonds is 4. The quantitative estimate of drug-likeness (QED) is 0.832. The highest BCUT2D eigenvalue weighted by Crippen LogP contribution is 2.25. The Morgan fingerprint density at radius 1 is 1.21 bits per heavy atom. The minimum Gasteiger partial charge on any atom is -0.497 e. The first kappa shape index (κ1) is 16.0. The molecule has 1 unspecified atom stereocenters. The van der Waals surface area contributed by atoms with Gasteiger partial charge in [0.05, 0.1) is 7.11 Å². The van der Waals surface area contributed by atoms with Crippen molar-refractivity contribution in [3.8, 4) is 11.5 Å². The molecule has 0 aromatic heterocycles. The van der Waals surface area contributed by atoms with E-state index in [0.717, 1.165) is 5.56 Å². The van der Waals surface area contributed by atoms with E-state index in [1.54, 1.807) is 49.6 Å². The number of ether oxygens (including phenoxy) is 2. The molecule has 0 fully saturated rings. The predicted molar refractivity (Wildman–Crippen MR) is 88.4 cm³/mol. The zero-order valence-corrected chi connectivity index (χ0v) is 13.2. The highest BCUT2D eigenvalue weighted by Gasteiger charge is 2.26. The van der Waals surface area contributed by atoms with E-state index >= 15 is 0 Å². The number of methoxy groups -OCH3 is 1. The van der Waals surface area contributed by atoms with Crippen molar-refractivity contribution < 1.29 is 19.1 Å². The van der Waals surface area contributed by atoms with Gasteiger partial charge in [0.15, 0.2) is 6.10 Å². The molecule has 0 saturated carbocycles. The van der Waals surface area contributed by atoms with E-state index in [2.05, 4.69) is 5.32 Å². The number of hydrogen-bond acceptors (Lipinski definition) is 5. The number of benzene rings is 2. The third-order valence-corrected chi connectivity index (χ3v) is 3.91. The molecule has 1 heterocycles. The number of carbonyl (C=O) groups is 2. The zero-order valence-electron chi connectivity index (χ0n) is 13.2. The minimum absolute atomic E-state index is 0.154.